The van der Waals surface area contributed by atoms with Gasteiger partial charge in [0.25, 0.3) is 5.91 Å². The highest BCUT2D eigenvalue weighted by atomic mass is 79.9. The number of hydrogen-bond donors (Lipinski definition) is 1. The molecule has 0 bridgehead atoms. The minimum absolute atomic E-state index is 0.218. The number of benzene rings is 2. The first-order chi connectivity index (χ1) is 11.8. The zero-order valence-electron chi connectivity index (χ0n) is 14.3. The maximum Gasteiger partial charge on any atom is 0.263 e. The van der Waals surface area contributed by atoms with Crippen molar-refractivity contribution in [2.75, 3.05) is 7.05 Å². The average Bonchev–Trinajstić information content (AvgIpc) is 2.62. The van der Waals surface area contributed by atoms with E-state index in [2.05, 4.69) is 15.9 Å². The summed E-state index contributed by atoms with van der Waals surface area (Å²) >= 11 is 9.28. The summed E-state index contributed by atoms with van der Waals surface area (Å²) in [5.74, 6) is 0.319. The summed E-state index contributed by atoms with van der Waals surface area (Å²) in [4.78, 5) is 14.2. The van der Waals surface area contributed by atoms with Crippen LogP contribution < -0.4 is 4.74 Å². The molecule has 0 saturated heterocycles. The molecule has 0 aliphatic heterocycles. The van der Waals surface area contributed by atoms with Gasteiger partial charge in [-0.05, 0) is 53.5 Å². The Bertz CT molecular complexity index is 726. The minimum Gasteiger partial charge on any atom is -0.480 e. The highest BCUT2D eigenvalue weighted by Gasteiger charge is 2.28. The molecule has 0 saturated carbocycles. The topological polar surface area (TPSA) is 49.8 Å². The summed E-state index contributed by atoms with van der Waals surface area (Å²) < 4.78 is 6.42. The van der Waals surface area contributed by atoms with Crippen LogP contribution in [0.1, 0.15) is 25.5 Å². The Balaban J connectivity index is 2.05. The van der Waals surface area contributed by atoms with Crippen molar-refractivity contribution >= 4 is 33.4 Å². The van der Waals surface area contributed by atoms with Crippen LogP contribution in [0.25, 0.3) is 0 Å². The number of carbonyl (C=O) groups excluding carboxylic acids is 1. The van der Waals surface area contributed by atoms with Gasteiger partial charge in [0.15, 0.2) is 6.10 Å². The summed E-state index contributed by atoms with van der Waals surface area (Å²) in [6.07, 6.45) is -1.47. The van der Waals surface area contributed by atoms with Crippen molar-refractivity contribution in [2.45, 2.75) is 32.1 Å². The number of hydrogen-bond acceptors (Lipinski definition) is 3. The number of nitrogens with zero attached hydrogens (tertiary/aromatic N) is 1. The molecule has 0 aromatic heterocycles. The number of aliphatic hydroxyl groups excluding tert-OH is 1. The largest absolute Gasteiger partial charge is 0.480 e. The van der Waals surface area contributed by atoms with E-state index in [9.17, 15) is 9.90 Å². The fraction of sp³-hybridized carbons (Fsp3) is 0.316. The highest BCUT2D eigenvalue weighted by Crippen LogP contribution is 2.29. The lowest BCUT2D eigenvalue weighted by Crippen LogP contribution is -2.45. The molecule has 0 radical (unpaired) electrons. The average molecular weight is 427 g/mol. The third kappa shape index (κ3) is 4.97. The van der Waals surface area contributed by atoms with Crippen molar-refractivity contribution in [2.24, 2.45) is 0 Å². The molecule has 0 spiro atoms. The normalized spacial score (nSPS) is 14.5. The number of likely N-dealkylation sites (N-methyl/N-ethyl adjacent to an activating group) is 1. The lowest BCUT2D eigenvalue weighted by molar-refractivity contribution is -0.140. The first-order valence-corrected chi connectivity index (χ1v) is 9.09. The van der Waals surface area contributed by atoms with E-state index in [1.807, 2.05) is 30.3 Å². The van der Waals surface area contributed by atoms with Crippen LogP contribution in [-0.4, -0.2) is 35.1 Å². The third-order valence-corrected chi connectivity index (χ3v) is 4.96. The van der Waals surface area contributed by atoms with Crippen LogP contribution in [0.5, 0.6) is 5.75 Å². The number of amides is 1. The molecule has 0 heterocycles. The standard InChI is InChI=1S/C19H21BrClNO3/c1-12(18(23)14-7-5-4-6-8-14)22(3)19(24)13(2)25-17-10-9-15(21)11-16(17)20/h4-13,18,23H,1-3H3. The van der Waals surface area contributed by atoms with Gasteiger partial charge in [0.1, 0.15) is 5.75 Å². The Morgan fingerprint density at radius 1 is 1.20 bits per heavy atom. The van der Waals surface area contributed by atoms with E-state index in [0.29, 0.717) is 15.2 Å². The first kappa shape index (κ1) is 19.8. The van der Waals surface area contributed by atoms with Crippen LogP contribution in [0, 0.1) is 0 Å². The molecule has 25 heavy (non-hydrogen) atoms. The smallest absolute Gasteiger partial charge is 0.263 e. The number of aliphatic hydroxyl groups is 1. The van der Waals surface area contributed by atoms with Crippen molar-refractivity contribution in [3.05, 3.63) is 63.6 Å². The van der Waals surface area contributed by atoms with Crippen molar-refractivity contribution in [1.29, 1.82) is 0 Å². The number of halogens is 2. The molecule has 1 N–H and O–H groups in total. The van der Waals surface area contributed by atoms with Crippen LogP contribution in [0.3, 0.4) is 0 Å². The maximum absolute atomic E-state index is 12.7. The Kier molecular flexibility index (Phi) is 6.87. The molecule has 2 aromatic carbocycles. The van der Waals surface area contributed by atoms with E-state index in [1.165, 1.54) is 4.90 Å². The Morgan fingerprint density at radius 3 is 2.44 bits per heavy atom. The summed E-state index contributed by atoms with van der Waals surface area (Å²) in [5, 5.41) is 11.1. The van der Waals surface area contributed by atoms with Crippen LogP contribution >= 0.6 is 27.5 Å². The van der Waals surface area contributed by atoms with Crippen molar-refractivity contribution in [3.63, 3.8) is 0 Å². The van der Waals surface area contributed by atoms with Gasteiger partial charge in [0.2, 0.25) is 0 Å². The molecule has 3 atom stereocenters. The molecule has 0 aliphatic rings. The summed E-state index contributed by atoms with van der Waals surface area (Å²) in [5.41, 5.74) is 0.767. The van der Waals surface area contributed by atoms with Gasteiger partial charge >= 0.3 is 0 Å². The number of ether oxygens (including phenoxy) is 1. The molecular weight excluding hydrogens is 406 g/mol. The SMILES string of the molecule is CC(Oc1ccc(Cl)cc1Br)C(=O)N(C)C(C)C(O)c1ccccc1. The Morgan fingerprint density at radius 2 is 1.84 bits per heavy atom. The fourth-order valence-corrected chi connectivity index (χ4v) is 3.22. The summed E-state index contributed by atoms with van der Waals surface area (Å²) in [6.45, 7) is 3.49. The van der Waals surface area contributed by atoms with Gasteiger partial charge in [0.05, 0.1) is 16.6 Å². The molecule has 134 valence electrons. The molecule has 2 rings (SSSR count). The second-order valence-electron chi connectivity index (χ2n) is 5.88. The van der Waals surface area contributed by atoms with Crippen molar-refractivity contribution in [1.82, 2.24) is 4.90 Å². The van der Waals surface area contributed by atoms with Gasteiger partial charge < -0.3 is 14.7 Å². The first-order valence-electron chi connectivity index (χ1n) is 7.92. The van der Waals surface area contributed by atoms with Crippen LogP contribution in [0.15, 0.2) is 53.0 Å². The molecule has 0 aliphatic carbocycles. The second kappa shape index (κ2) is 8.70. The second-order valence-corrected chi connectivity index (χ2v) is 7.17. The van der Waals surface area contributed by atoms with E-state index in [0.717, 1.165) is 5.56 Å². The van der Waals surface area contributed by atoms with E-state index >= 15 is 0 Å². The van der Waals surface area contributed by atoms with Crippen molar-refractivity contribution in [3.8, 4) is 5.75 Å². The Hall–Kier alpha value is -1.56. The van der Waals surface area contributed by atoms with Gasteiger partial charge in [-0.2, -0.15) is 0 Å². The fourth-order valence-electron chi connectivity index (χ4n) is 2.44. The van der Waals surface area contributed by atoms with Crippen LogP contribution in [0.4, 0.5) is 0 Å². The molecule has 6 heteroatoms. The maximum atomic E-state index is 12.7. The van der Waals surface area contributed by atoms with Gasteiger partial charge in [-0.25, -0.2) is 0 Å². The van der Waals surface area contributed by atoms with E-state index in [-0.39, 0.29) is 5.91 Å². The van der Waals surface area contributed by atoms with Gasteiger partial charge in [-0.15, -0.1) is 0 Å². The van der Waals surface area contributed by atoms with Gasteiger partial charge in [-0.3, -0.25) is 4.79 Å². The van der Waals surface area contributed by atoms with E-state index in [1.54, 1.807) is 39.1 Å². The molecular formula is C19H21BrClNO3. The highest BCUT2D eigenvalue weighted by molar-refractivity contribution is 9.10. The third-order valence-electron chi connectivity index (χ3n) is 4.10. The van der Waals surface area contributed by atoms with Crippen LogP contribution in [0.2, 0.25) is 5.02 Å². The Labute approximate surface area is 161 Å². The number of carbonyl (C=O) groups is 1. The van der Waals surface area contributed by atoms with Crippen LogP contribution in [-0.2, 0) is 4.79 Å². The van der Waals surface area contributed by atoms with Gasteiger partial charge in [-0.1, -0.05) is 41.9 Å². The molecule has 0 fully saturated rings. The van der Waals surface area contributed by atoms with Crippen molar-refractivity contribution < 1.29 is 14.6 Å². The molecule has 4 nitrogen and oxygen atoms in total. The summed E-state index contributed by atoms with van der Waals surface area (Å²) in [6, 6.07) is 14.0. The molecule has 3 unspecified atom stereocenters. The lowest BCUT2D eigenvalue weighted by Gasteiger charge is -2.31. The summed E-state index contributed by atoms with van der Waals surface area (Å²) in [7, 11) is 1.66. The lowest BCUT2D eigenvalue weighted by atomic mass is 10.0. The molecule has 2 aromatic rings. The predicted octanol–water partition coefficient (Wildman–Crippen LogP) is 4.45. The minimum atomic E-state index is -0.774. The molecule has 1 amide bonds. The zero-order chi connectivity index (χ0) is 18.6. The van der Waals surface area contributed by atoms with Gasteiger partial charge in [0, 0.05) is 12.1 Å². The monoisotopic (exact) mass is 425 g/mol. The predicted molar refractivity (Wildman–Crippen MR) is 103 cm³/mol. The number of rotatable bonds is 6. The van der Waals surface area contributed by atoms with E-state index < -0.39 is 18.2 Å². The zero-order valence-corrected chi connectivity index (χ0v) is 16.7. The quantitative estimate of drug-likeness (QED) is 0.742. The van der Waals surface area contributed by atoms with E-state index in [4.69, 9.17) is 16.3 Å².